The average molecular weight is 306 g/mol. The number of hydrogen-bond donors (Lipinski definition) is 2. The highest BCUT2D eigenvalue weighted by molar-refractivity contribution is 9.10. The number of nitrogens with zero attached hydrogens (tertiary/aromatic N) is 1. The summed E-state index contributed by atoms with van der Waals surface area (Å²) in [6.07, 6.45) is 5.53. The van der Waals surface area contributed by atoms with Gasteiger partial charge in [0, 0.05) is 12.7 Å². The molecule has 3 nitrogen and oxygen atoms in total. The van der Waals surface area contributed by atoms with Crippen LogP contribution in [-0.4, -0.2) is 22.2 Å². The van der Waals surface area contributed by atoms with Crippen molar-refractivity contribution in [2.24, 2.45) is 0 Å². The molecular weight excluding hydrogens is 291 g/mol. The first-order valence-corrected chi connectivity index (χ1v) is 6.53. The second-order valence-electron chi connectivity index (χ2n) is 4.27. The maximum absolute atomic E-state index is 10.2. The molecule has 1 fully saturated rings. The van der Waals surface area contributed by atoms with Gasteiger partial charge in [0.05, 0.1) is 15.1 Å². The van der Waals surface area contributed by atoms with Gasteiger partial charge in [0.1, 0.15) is 5.82 Å². The van der Waals surface area contributed by atoms with Crippen LogP contribution in [0, 0.1) is 0 Å². The molecule has 88 valence electrons. The molecule has 16 heavy (non-hydrogen) atoms. The number of aromatic nitrogens is 1. The third-order valence-corrected chi connectivity index (χ3v) is 3.74. The Labute approximate surface area is 108 Å². The molecule has 0 atom stereocenters. The van der Waals surface area contributed by atoms with Crippen molar-refractivity contribution in [1.82, 2.24) is 4.98 Å². The quantitative estimate of drug-likeness (QED) is 0.901. The summed E-state index contributed by atoms with van der Waals surface area (Å²) < 4.78 is 0.821. The molecule has 0 bridgehead atoms. The second-order valence-corrected chi connectivity index (χ2v) is 5.56. The minimum absolute atomic E-state index is 0.542. The molecule has 0 aromatic carbocycles. The van der Waals surface area contributed by atoms with Crippen molar-refractivity contribution < 1.29 is 5.11 Å². The zero-order valence-electron chi connectivity index (χ0n) is 8.84. The van der Waals surface area contributed by atoms with E-state index in [1.807, 2.05) is 0 Å². The molecule has 2 N–H and O–H groups in total. The maximum Gasteiger partial charge on any atom is 0.140 e. The average Bonchev–Trinajstić information content (AvgIpc) is 2.64. The maximum atomic E-state index is 10.2. The van der Waals surface area contributed by atoms with Crippen LogP contribution in [0.25, 0.3) is 0 Å². The first-order valence-electron chi connectivity index (χ1n) is 5.36. The van der Waals surface area contributed by atoms with Crippen LogP contribution < -0.4 is 5.32 Å². The van der Waals surface area contributed by atoms with Gasteiger partial charge in [-0.25, -0.2) is 4.98 Å². The molecule has 1 aliphatic rings. The van der Waals surface area contributed by atoms with Crippen molar-refractivity contribution in [3.05, 3.63) is 21.8 Å². The molecular formula is C11H14BrClN2O. The Morgan fingerprint density at radius 2 is 2.19 bits per heavy atom. The van der Waals surface area contributed by atoms with Gasteiger partial charge in [-0.2, -0.15) is 0 Å². The predicted octanol–water partition coefficient (Wildman–Crippen LogP) is 3.21. The van der Waals surface area contributed by atoms with Gasteiger partial charge >= 0.3 is 0 Å². The number of rotatable bonds is 3. The van der Waals surface area contributed by atoms with E-state index in [0.717, 1.165) is 36.0 Å². The fourth-order valence-electron chi connectivity index (χ4n) is 2.00. The van der Waals surface area contributed by atoms with Gasteiger partial charge < -0.3 is 10.4 Å². The zero-order chi connectivity index (χ0) is 11.6. The predicted molar refractivity (Wildman–Crippen MR) is 68.9 cm³/mol. The molecule has 0 amide bonds. The van der Waals surface area contributed by atoms with Gasteiger partial charge in [-0.05, 0) is 34.8 Å². The van der Waals surface area contributed by atoms with E-state index in [0.29, 0.717) is 11.6 Å². The summed E-state index contributed by atoms with van der Waals surface area (Å²) in [4.78, 5) is 4.17. The monoisotopic (exact) mass is 304 g/mol. The van der Waals surface area contributed by atoms with Gasteiger partial charge in [-0.1, -0.05) is 24.4 Å². The van der Waals surface area contributed by atoms with E-state index in [1.54, 1.807) is 12.3 Å². The number of pyridine rings is 1. The van der Waals surface area contributed by atoms with Gasteiger partial charge in [-0.15, -0.1) is 0 Å². The summed E-state index contributed by atoms with van der Waals surface area (Å²) in [5, 5.41) is 13.9. The van der Waals surface area contributed by atoms with Crippen LogP contribution in [0.15, 0.2) is 16.7 Å². The molecule has 2 rings (SSSR count). The summed E-state index contributed by atoms with van der Waals surface area (Å²) in [7, 11) is 0. The lowest BCUT2D eigenvalue weighted by atomic mass is 10.0. The van der Waals surface area contributed by atoms with E-state index in [9.17, 15) is 5.11 Å². The number of aliphatic hydroxyl groups is 1. The largest absolute Gasteiger partial charge is 0.388 e. The Morgan fingerprint density at radius 3 is 2.81 bits per heavy atom. The van der Waals surface area contributed by atoms with Gasteiger partial charge in [0.2, 0.25) is 0 Å². The van der Waals surface area contributed by atoms with Gasteiger partial charge in [0.25, 0.3) is 0 Å². The molecule has 5 heteroatoms. The van der Waals surface area contributed by atoms with Crippen LogP contribution in [0.2, 0.25) is 5.02 Å². The van der Waals surface area contributed by atoms with E-state index >= 15 is 0 Å². The van der Waals surface area contributed by atoms with E-state index < -0.39 is 5.60 Å². The first-order chi connectivity index (χ1) is 7.59. The molecule has 0 radical (unpaired) electrons. The normalized spacial score (nSPS) is 18.7. The topological polar surface area (TPSA) is 45.1 Å². The molecule has 1 aromatic heterocycles. The zero-order valence-corrected chi connectivity index (χ0v) is 11.2. The van der Waals surface area contributed by atoms with E-state index in [2.05, 4.69) is 26.2 Å². The first kappa shape index (κ1) is 12.1. The van der Waals surface area contributed by atoms with E-state index in [1.165, 1.54) is 0 Å². The molecule has 1 aliphatic carbocycles. The highest BCUT2D eigenvalue weighted by Gasteiger charge is 2.30. The molecule has 1 saturated carbocycles. The number of nitrogens with one attached hydrogen (secondary N) is 1. The summed E-state index contributed by atoms with van der Waals surface area (Å²) in [5.41, 5.74) is -0.569. The smallest absolute Gasteiger partial charge is 0.140 e. The van der Waals surface area contributed by atoms with Crippen molar-refractivity contribution in [1.29, 1.82) is 0 Å². The van der Waals surface area contributed by atoms with Crippen molar-refractivity contribution >= 4 is 33.3 Å². The third-order valence-electron chi connectivity index (χ3n) is 2.93. The Morgan fingerprint density at radius 1 is 1.50 bits per heavy atom. The fourth-order valence-corrected chi connectivity index (χ4v) is 2.78. The number of halogens is 2. The van der Waals surface area contributed by atoms with Crippen LogP contribution in [0.1, 0.15) is 25.7 Å². The lowest BCUT2D eigenvalue weighted by molar-refractivity contribution is 0.0614. The molecule has 0 saturated heterocycles. The van der Waals surface area contributed by atoms with Crippen LogP contribution in [0.5, 0.6) is 0 Å². The molecule has 0 aliphatic heterocycles. The minimum atomic E-state index is -0.569. The van der Waals surface area contributed by atoms with Crippen LogP contribution in [0.4, 0.5) is 5.82 Å². The van der Waals surface area contributed by atoms with Crippen LogP contribution in [0.3, 0.4) is 0 Å². The van der Waals surface area contributed by atoms with Gasteiger partial charge in [-0.3, -0.25) is 0 Å². The van der Waals surface area contributed by atoms with E-state index in [4.69, 9.17) is 11.6 Å². The summed E-state index contributed by atoms with van der Waals surface area (Å²) >= 11 is 9.19. The Kier molecular flexibility index (Phi) is 3.72. The van der Waals surface area contributed by atoms with Crippen molar-refractivity contribution in [2.45, 2.75) is 31.3 Å². The van der Waals surface area contributed by atoms with Crippen molar-refractivity contribution in [3.8, 4) is 0 Å². The van der Waals surface area contributed by atoms with Crippen molar-refractivity contribution in [2.75, 3.05) is 11.9 Å². The Hall–Kier alpha value is -0.320. The lowest BCUT2D eigenvalue weighted by Crippen LogP contribution is -2.33. The highest BCUT2D eigenvalue weighted by atomic mass is 79.9. The standard InChI is InChI=1S/C11H14BrClN2O/c12-9-5-8(13)6-14-10(9)15-7-11(16)3-1-2-4-11/h5-6,16H,1-4,7H2,(H,14,15). The SMILES string of the molecule is OC1(CNc2ncc(Cl)cc2Br)CCCC1. The minimum Gasteiger partial charge on any atom is -0.388 e. The molecule has 1 heterocycles. The van der Waals surface area contributed by atoms with Gasteiger partial charge in [0.15, 0.2) is 0 Å². The molecule has 0 unspecified atom stereocenters. The third kappa shape index (κ3) is 2.87. The Bertz CT molecular complexity index is 380. The summed E-state index contributed by atoms with van der Waals surface area (Å²) in [6, 6.07) is 1.79. The molecule has 0 spiro atoms. The fraction of sp³-hybridized carbons (Fsp3) is 0.545. The molecule has 1 aromatic rings. The number of anilines is 1. The second kappa shape index (κ2) is 4.90. The van der Waals surface area contributed by atoms with Crippen LogP contribution in [-0.2, 0) is 0 Å². The Balaban J connectivity index is 1.99. The lowest BCUT2D eigenvalue weighted by Gasteiger charge is -2.22. The summed E-state index contributed by atoms with van der Waals surface area (Å²) in [5.74, 6) is 0.727. The summed E-state index contributed by atoms with van der Waals surface area (Å²) in [6.45, 7) is 0.542. The number of hydrogen-bond acceptors (Lipinski definition) is 3. The highest BCUT2D eigenvalue weighted by Crippen LogP contribution is 2.30. The van der Waals surface area contributed by atoms with Crippen molar-refractivity contribution in [3.63, 3.8) is 0 Å². The van der Waals surface area contributed by atoms with Crippen LogP contribution >= 0.6 is 27.5 Å². The van der Waals surface area contributed by atoms with E-state index in [-0.39, 0.29) is 0 Å².